The molecule has 12 heteroatoms. The van der Waals surface area contributed by atoms with Crippen molar-refractivity contribution in [3.05, 3.63) is 76.8 Å². The maximum Gasteiger partial charge on any atom is 0.416 e. The molecule has 0 unspecified atom stereocenters. The lowest BCUT2D eigenvalue weighted by Crippen LogP contribution is -2.38. The van der Waals surface area contributed by atoms with Crippen LogP contribution < -0.4 is 9.04 Å². The molecule has 4 nitrogen and oxygen atoms in total. The Kier molecular flexibility index (Phi) is 5.97. The SMILES string of the molecule is O=S(=O)(c1cccc(C(F)(F)F)c1)N1CCOc2ccc(-c3cc(C(F)(F)F)ccc3Cl)cc21. The van der Waals surface area contributed by atoms with Gasteiger partial charge < -0.3 is 4.74 Å². The van der Waals surface area contributed by atoms with E-state index in [0.717, 1.165) is 40.7 Å². The van der Waals surface area contributed by atoms with Crippen LogP contribution in [0.5, 0.6) is 5.75 Å². The van der Waals surface area contributed by atoms with Gasteiger partial charge in [-0.25, -0.2) is 8.42 Å². The summed E-state index contributed by atoms with van der Waals surface area (Å²) in [6, 6.07) is 10.1. The Hall–Kier alpha value is -2.92. The molecule has 0 aromatic heterocycles. The highest BCUT2D eigenvalue weighted by atomic mass is 35.5. The molecular weight excluding hydrogens is 508 g/mol. The lowest BCUT2D eigenvalue weighted by atomic mass is 10.0. The van der Waals surface area contributed by atoms with Crippen LogP contribution in [0.25, 0.3) is 11.1 Å². The number of rotatable bonds is 3. The van der Waals surface area contributed by atoms with Crippen molar-refractivity contribution in [2.24, 2.45) is 0 Å². The topological polar surface area (TPSA) is 46.6 Å². The molecule has 0 N–H and O–H groups in total. The smallest absolute Gasteiger partial charge is 0.416 e. The van der Waals surface area contributed by atoms with E-state index in [9.17, 15) is 34.8 Å². The first-order chi connectivity index (χ1) is 15.8. The van der Waals surface area contributed by atoms with Gasteiger partial charge in [-0.15, -0.1) is 0 Å². The number of hydrogen-bond acceptors (Lipinski definition) is 3. The van der Waals surface area contributed by atoms with Crippen molar-refractivity contribution in [1.82, 2.24) is 0 Å². The van der Waals surface area contributed by atoms with Gasteiger partial charge in [-0.05, 0) is 54.1 Å². The quantitative estimate of drug-likeness (QED) is 0.363. The lowest BCUT2D eigenvalue weighted by Gasteiger charge is -2.31. The second-order valence-electron chi connectivity index (χ2n) is 7.33. The van der Waals surface area contributed by atoms with Crippen LogP contribution in [0.15, 0.2) is 65.6 Å². The second-order valence-corrected chi connectivity index (χ2v) is 9.60. The average molecular weight is 522 g/mol. The zero-order chi connectivity index (χ0) is 24.9. The van der Waals surface area contributed by atoms with E-state index >= 15 is 0 Å². The predicted molar refractivity (Wildman–Crippen MR) is 113 cm³/mol. The molecule has 1 aliphatic rings. The number of alkyl halides is 6. The third-order valence-electron chi connectivity index (χ3n) is 5.13. The number of halogens is 7. The van der Waals surface area contributed by atoms with Crippen LogP contribution in [0, 0.1) is 0 Å². The van der Waals surface area contributed by atoms with E-state index in [1.54, 1.807) is 0 Å². The molecule has 0 atom stereocenters. The van der Waals surface area contributed by atoms with Crippen LogP contribution in [0.2, 0.25) is 5.02 Å². The summed E-state index contributed by atoms with van der Waals surface area (Å²) in [5.41, 5.74) is -1.94. The molecule has 0 spiro atoms. The van der Waals surface area contributed by atoms with Crippen molar-refractivity contribution >= 4 is 27.3 Å². The van der Waals surface area contributed by atoms with Crippen LogP contribution in [-0.4, -0.2) is 21.6 Å². The Morgan fingerprint density at radius 3 is 2.21 bits per heavy atom. The van der Waals surface area contributed by atoms with Crippen LogP contribution in [-0.2, 0) is 22.4 Å². The summed E-state index contributed by atoms with van der Waals surface area (Å²) in [6.45, 7) is -0.291. The number of hydrogen-bond donors (Lipinski definition) is 0. The molecule has 0 aliphatic carbocycles. The summed E-state index contributed by atoms with van der Waals surface area (Å²) in [4.78, 5) is -0.585. The Bertz CT molecular complexity index is 1360. The first kappa shape index (κ1) is 24.2. The molecule has 1 aliphatic heterocycles. The van der Waals surface area contributed by atoms with E-state index in [-0.39, 0.29) is 40.7 Å². The first-order valence-electron chi connectivity index (χ1n) is 9.62. The van der Waals surface area contributed by atoms with Crippen molar-refractivity contribution in [3.63, 3.8) is 0 Å². The third-order valence-corrected chi connectivity index (χ3v) is 7.27. The number of nitrogens with zero attached hydrogens (tertiary/aromatic N) is 1. The van der Waals surface area contributed by atoms with Crippen molar-refractivity contribution < 1.29 is 39.5 Å². The van der Waals surface area contributed by atoms with Crippen LogP contribution in [0.1, 0.15) is 11.1 Å². The molecule has 0 radical (unpaired) electrons. The van der Waals surface area contributed by atoms with Gasteiger partial charge in [-0.3, -0.25) is 4.31 Å². The molecule has 0 saturated carbocycles. The molecule has 0 amide bonds. The van der Waals surface area contributed by atoms with Crippen molar-refractivity contribution in [2.45, 2.75) is 17.2 Å². The minimum absolute atomic E-state index is 0.00119. The van der Waals surface area contributed by atoms with E-state index in [2.05, 4.69) is 0 Å². The van der Waals surface area contributed by atoms with Crippen LogP contribution in [0.3, 0.4) is 0 Å². The van der Waals surface area contributed by atoms with E-state index in [0.29, 0.717) is 6.07 Å². The summed E-state index contributed by atoms with van der Waals surface area (Å²) < 4.78 is 112. The lowest BCUT2D eigenvalue weighted by molar-refractivity contribution is -0.138. The highest BCUT2D eigenvalue weighted by molar-refractivity contribution is 7.92. The van der Waals surface area contributed by atoms with E-state index in [4.69, 9.17) is 16.3 Å². The summed E-state index contributed by atoms with van der Waals surface area (Å²) in [5, 5.41) is -0.00281. The number of sulfonamides is 1. The van der Waals surface area contributed by atoms with Gasteiger partial charge in [0.2, 0.25) is 0 Å². The maximum atomic E-state index is 13.3. The monoisotopic (exact) mass is 521 g/mol. The number of ether oxygens (including phenoxy) is 1. The van der Waals surface area contributed by atoms with Gasteiger partial charge in [0.25, 0.3) is 10.0 Å². The Morgan fingerprint density at radius 1 is 0.853 bits per heavy atom. The largest absolute Gasteiger partial charge is 0.489 e. The number of benzene rings is 3. The van der Waals surface area contributed by atoms with Gasteiger partial charge in [0.15, 0.2) is 0 Å². The number of fused-ring (bicyclic) bond motifs is 1. The zero-order valence-corrected chi connectivity index (χ0v) is 18.5. The normalized spacial score (nSPS) is 14.5. The molecule has 0 fully saturated rings. The van der Waals surface area contributed by atoms with Gasteiger partial charge in [-0.2, -0.15) is 26.3 Å². The summed E-state index contributed by atoms with van der Waals surface area (Å²) in [6.07, 6.45) is -9.38. The van der Waals surface area contributed by atoms with Gasteiger partial charge in [0.1, 0.15) is 12.4 Å². The van der Waals surface area contributed by atoms with E-state index in [1.807, 2.05) is 0 Å². The number of anilines is 1. The first-order valence-corrected chi connectivity index (χ1v) is 11.4. The summed E-state index contributed by atoms with van der Waals surface area (Å²) in [5.74, 6) is 0.105. The molecule has 1 heterocycles. The van der Waals surface area contributed by atoms with Crippen LogP contribution >= 0.6 is 11.6 Å². The Labute approximate surface area is 195 Å². The maximum absolute atomic E-state index is 13.3. The predicted octanol–water partition coefficient (Wildman–Crippen LogP) is 6.63. The summed E-state index contributed by atoms with van der Waals surface area (Å²) >= 11 is 6.11. The van der Waals surface area contributed by atoms with E-state index < -0.39 is 38.4 Å². The molecule has 180 valence electrons. The molecular formula is C22H14ClF6NO3S. The third kappa shape index (κ3) is 4.54. The molecule has 0 bridgehead atoms. The molecule has 3 aromatic rings. The minimum Gasteiger partial charge on any atom is -0.489 e. The molecule has 34 heavy (non-hydrogen) atoms. The van der Waals surface area contributed by atoms with Crippen LogP contribution in [0.4, 0.5) is 32.0 Å². The van der Waals surface area contributed by atoms with Gasteiger partial charge in [0, 0.05) is 10.6 Å². The second kappa shape index (κ2) is 8.38. The van der Waals surface area contributed by atoms with Gasteiger partial charge in [-0.1, -0.05) is 23.7 Å². The van der Waals surface area contributed by atoms with Gasteiger partial charge in [0.05, 0.1) is 28.3 Å². The zero-order valence-electron chi connectivity index (χ0n) is 16.9. The van der Waals surface area contributed by atoms with Gasteiger partial charge >= 0.3 is 12.4 Å². The van der Waals surface area contributed by atoms with E-state index in [1.165, 1.54) is 18.2 Å². The fourth-order valence-corrected chi connectivity index (χ4v) is 5.22. The Balaban J connectivity index is 1.81. The summed E-state index contributed by atoms with van der Waals surface area (Å²) in [7, 11) is -4.46. The molecule has 3 aromatic carbocycles. The Morgan fingerprint density at radius 2 is 1.53 bits per heavy atom. The minimum atomic E-state index is -4.75. The highest BCUT2D eigenvalue weighted by Gasteiger charge is 2.35. The average Bonchev–Trinajstić information content (AvgIpc) is 2.77. The standard InChI is InChI=1S/C22H14ClF6NO3S/c23-18-6-5-15(22(27,28)29)12-17(18)13-4-7-20-19(10-13)30(8-9-33-20)34(31,32)16-3-1-2-14(11-16)21(24,25)26/h1-7,10-12H,8-9H2. The molecule has 4 rings (SSSR count). The fraction of sp³-hybridized carbons (Fsp3) is 0.182. The fourth-order valence-electron chi connectivity index (χ4n) is 3.49. The van der Waals surface area contributed by atoms with Crippen molar-refractivity contribution in [3.8, 4) is 16.9 Å². The molecule has 0 saturated heterocycles. The van der Waals surface area contributed by atoms with Crippen molar-refractivity contribution in [1.29, 1.82) is 0 Å². The van der Waals surface area contributed by atoms with Crippen molar-refractivity contribution in [2.75, 3.05) is 17.5 Å². The highest BCUT2D eigenvalue weighted by Crippen LogP contribution is 2.42.